The van der Waals surface area contributed by atoms with Crippen LogP contribution in [0, 0.1) is 0 Å². The zero-order chi connectivity index (χ0) is 17.7. The number of halogens is 1. The lowest BCUT2D eigenvalue weighted by Crippen LogP contribution is -2.21. The highest BCUT2D eigenvalue weighted by Gasteiger charge is 2.18. The molecule has 0 heterocycles. The summed E-state index contributed by atoms with van der Waals surface area (Å²) in [6.07, 6.45) is 0. The molecular formula is C17H17ClN2O4. The molecule has 2 aromatic rings. The van der Waals surface area contributed by atoms with E-state index in [4.69, 9.17) is 21.1 Å². The molecule has 0 saturated carbocycles. The first kappa shape index (κ1) is 17.6. The smallest absolute Gasteiger partial charge is 0.255 e. The van der Waals surface area contributed by atoms with E-state index in [9.17, 15) is 9.59 Å². The second kappa shape index (κ2) is 7.70. The molecule has 2 rings (SSSR count). The highest BCUT2D eigenvalue weighted by Crippen LogP contribution is 2.33. The molecule has 0 unspecified atom stereocenters. The van der Waals surface area contributed by atoms with Crippen molar-refractivity contribution in [2.45, 2.75) is 0 Å². The first-order valence-electron chi connectivity index (χ1n) is 7.05. The SMILES string of the molecule is CNC(=O)c1cc(OC)c(OC)cc1NC(=O)c1ccc(Cl)cc1. The van der Waals surface area contributed by atoms with E-state index in [1.165, 1.54) is 33.4 Å². The number of ether oxygens (including phenoxy) is 2. The highest BCUT2D eigenvalue weighted by molar-refractivity contribution is 6.30. The molecule has 0 radical (unpaired) electrons. The standard InChI is InChI=1S/C17H17ClN2O4/c1-19-17(22)12-8-14(23-2)15(24-3)9-13(12)20-16(21)10-4-6-11(18)7-5-10/h4-9H,1-3H3,(H,19,22)(H,20,21). The molecule has 2 aromatic carbocycles. The van der Waals surface area contributed by atoms with Crippen molar-refractivity contribution in [3.8, 4) is 11.5 Å². The van der Waals surface area contributed by atoms with E-state index in [1.807, 2.05) is 0 Å². The Labute approximate surface area is 144 Å². The largest absolute Gasteiger partial charge is 0.493 e. The van der Waals surface area contributed by atoms with Gasteiger partial charge in [-0.25, -0.2) is 0 Å². The van der Waals surface area contributed by atoms with Crippen LogP contribution in [-0.2, 0) is 0 Å². The Bertz CT molecular complexity index is 760. The van der Waals surface area contributed by atoms with E-state index in [2.05, 4.69) is 10.6 Å². The first-order chi connectivity index (χ1) is 11.5. The summed E-state index contributed by atoms with van der Waals surface area (Å²) in [7, 11) is 4.45. The number of benzene rings is 2. The number of hydrogen-bond donors (Lipinski definition) is 2. The van der Waals surface area contributed by atoms with Gasteiger partial charge in [0.15, 0.2) is 11.5 Å². The molecule has 0 aromatic heterocycles. The van der Waals surface area contributed by atoms with E-state index >= 15 is 0 Å². The predicted octanol–water partition coefficient (Wildman–Crippen LogP) is 2.97. The zero-order valence-corrected chi connectivity index (χ0v) is 14.2. The second-order valence-electron chi connectivity index (χ2n) is 4.79. The van der Waals surface area contributed by atoms with Gasteiger partial charge in [0.2, 0.25) is 0 Å². The van der Waals surface area contributed by atoms with Crippen molar-refractivity contribution in [1.82, 2.24) is 5.32 Å². The number of amides is 2. The van der Waals surface area contributed by atoms with Crippen LogP contribution in [0.3, 0.4) is 0 Å². The highest BCUT2D eigenvalue weighted by atomic mass is 35.5. The summed E-state index contributed by atoms with van der Waals surface area (Å²) in [4.78, 5) is 24.5. The minimum Gasteiger partial charge on any atom is -0.493 e. The van der Waals surface area contributed by atoms with Gasteiger partial charge in [0.25, 0.3) is 11.8 Å². The number of nitrogens with one attached hydrogen (secondary N) is 2. The quantitative estimate of drug-likeness (QED) is 0.871. The maximum atomic E-state index is 12.4. The summed E-state index contributed by atoms with van der Waals surface area (Å²) in [6.45, 7) is 0. The third-order valence-electron chi connectivity index (χ3n) is 3.35. The van der Waals surface area contributed by atoms with Crippen LogP contribution in [0.15, 0.2) is 36.4 Å². The number of rotatable bonds is 5. The second-order valence-corrected chi connectivity index (χ2v) is 5.23. The number of carbonyl (C=O) groups is 2. The summed E-state index contributed by atoms with van der Waals surface area (Å²) in [5.41, 5.74) is 0.987. The van der Waals surface area contributed by atoms with Gasteiger partial charge in [-0.05, 0) is 30.3 Å². The predicted molar refractivity (Wildman–Crippen MR) is 92.3 cm³/mol. The van der Waals surface area contributed by atoms with Crippen LogP contribution >= 0.6 is 11.6 Å². The number of carbonyl (C=O) groups excluding carboxylic acids is 2. The van der Waals surface area contributed by atoms with Gasteiger partial charge in [0, 0.05) is 23.7 Å². The molecule has 2 amide bonds. The molecule has 0 atom stereocenters. The maximum absolute atomic E-state index is 12.4. The van der Waals surface area contributed by atoms with Gasteiger partial charge in [-0.15, -0.1) is 0 Å². The van der Waals surface area contributed by atoms with E-state index in [1.54, 1.807) is 24.3 Å². The third kappa shape index (κ3) is 3.78. The van der Waals surface area contributed by atoms with E-state index in [0.29, 0.717) is 27.8 Å². The molecular weight excluding hydrogens is 332 g/mol. The summed E-state index contributed by atoms with van der Waals surface area (Å²) < 4.78 is 10.4. The number of hydrogen-bond acceptors (Lipinski definition) is 4. The molecule has 0 aliphatic heterocycles. The summed E-state index contributed by atoms with van der Waals surface area (Å²) in [6, 6.07) is 9.47. The Morgan fingerprint density at radius 1 is 0.958 bits per heavy atom. The van der Waals surface area contributed by atoms with Crippen LogP contribution in [-0.4, -0.2) is 33.1 Å². The normalized spacial score (nSPS) is 10.0. The Kier molecular flexibility index (Phi) is 5.65. The van der Waals surface area contributed by atoms with Gasteiger partial charge in [-0.3, -0.25) is 9.59 Å². The fraction of sp³-hybridized carbons (Fsp3) is 0.176. The molecule has 0 aliphatic carbocycles. The lowest BCUT2D eigenvalue weighted by molar-refractivity contribution is 0.0963. The molecule has 126 valence electrons. The Morgan fingerprint density at radius 2 is 1.54 bits per heavy atom. The summed E-state index contributed by atoms with van der Waals surface area (Å²) in [5.74, 6) is 0.0588. The van der Waals surface area contributed by atoms with Crippen molar-refractivity contribution in [2.75, 3.05) is 26.6 Å². The molecule has 0 aliphatic rings. The van der Waals surface area contributed by atoms with Gasteiger partial charge in [-0.1, -0.05) is 11.6 Å². The first-order valence-corrected chi connectivity index (χ1v) is 7.43. The molecule has 0 saturated heterocycles. The van der Waals surface area contributed by atoms with Gasteiger partial charge in [-0.2, -0.15) is 0 Å². The van der Waals surface area contributed by atoms with Crippen molar-refractivity contribution in [3.63, 3.8) is 0 Å². The minimum absolute atomic E-state index is 0.262. The minimum atomic E-state index is -0.371. The van der Waals surface area contributed by atoms with Crippen LogP contribution in [0.5, 0.6) is 11.5 Å². The van der Waals surface area contributed by atoms with Gasteiger partial charge >= 0.3 is 0 Å². The van der Waals surface area contributed by atoms with Gasteiger partial charge in [0.1, 0.15) is 0 Å². The molecule has 24 heavy (non-hydrogen) atoms. The van der Waals surface area contributed by atoms with Crippen LogP contribution in [0.4, 0.5) is 5.69 Å². The molecule has 0 bridgehead atoms. The molecule has 2 N–H and O–H groups in total. The molecule has 6 nitrogen and oxygen atoms in total. The molecule has 0 fully saturated rings. The van der Waals surface area contributed by atoms with Crippen molar-refractivity contribution < 1.29 is 19.1 Å². The Morgan fingerprint density at radius 3 is 2.08 bits per heavy atom. The Hall–Kier alpha value is -2.73. The summed E-state index contributed by atoms with van der Waals surface area (Å²) in [5, 5.41) is 5.77. The lowest BCUT2D eigenvalue weighted by atomic mass is 10.1. The number of anilines is 1. The van der Waals surface area contributed by atoms with E-state index in [0.717, 1.165) is 0 Å². The average Bonchev–Trinajstić information content (AvgIpc) is 2.61. The lowest BCUT2D eigenvalue weighted by Gasteiger charge is -2.15. The maximum Gasteiger partial charge on any atom is 0.255 e. The number of methoxy groups -OCH3 is 2. The van der Waals surface area contributed by atoms with Crippen molar-refractivity contribution in [1.29, 1.82) is 0 Å². The fourth-order valence-electron chi connectivity index (χ4n) is 2.10. The van der Waals surface area contributed by atoms with Crippen molar-refractivity contribution in [3.05, 3.63) is 52.5 Å². The van der Waals surface area contributed by atoms with Crippen molar-refractivity contribution >= 4 is 29.1 Å². The van der Waals surface area contributed by atoms with E-state index in [-0.39, 0.29) is 17.4 Å². The van der Waals surface area contributed by atoms with Gasteiger partial charge < -0.3 is 20.1 Å². The zero-order valence-electron chi connectivity index (χ0n) is 13.5. The van der Waals surface area contributed by atoms with Crippen LogP contribution in [0.1, 0.15) is 20.7 Å². The molecule has 7 heteroatoms. The summed E-state index contributed by atoms with van der Waals surface area (Å²) >= 11 is 5.82. The van der Waals surface area contributed by atoms with Crippen LogP contribution < -0.4 is 20.1 Å². The fourth-order valence-corrected chi connectivity index (χ4v) is 2.23. The van der Waals surface area contributed by atoms with Crippen LogP contribution in [0.2, 0.25) is 5.02 Å². The van der Waals surface area contributed by atoms with E-state index < -0.39 is 0 Å². The van der Waals surface area contributed by atoms with Crippen LogP contribution in [0.25, 0.3) is 0 Å². The monoisotopic (exact) mass is 348 g/mol. The third-order valence-corrected chi connectivity index (χ3v) is 3.60. The van der Waals surface area contributed by atoms with Gasteiger partial charge in [0.05, 0.1) is 25.5 Å². The molecule has 0 spiro atoms. The Balaban J connectivity index is 2.41. The topological polar surface area (TPSA) is 76.7 Å². The van der Waals surface area contributed by atoms with Crippen molar-refractivity contribution in [2.24, 2.45) is 0 Å². The average molecular weight is 349 g/mol.